The minimum atomic E-state index is -3.72. The molecule has 1 amide bonds. The van der Waals surface area contributed by atoms with Gasteiger partial charge in [-0.2, -0.15) is 0 Å². The van der Waals surface area contributed by atoms with Gasteiger partial charge in [0.1, 0.15) is 5.82 Å². The van der Waals surface area contributed by atoms with Crippen LogP contribution in [0.5, 0.6) is 0 Å². The number of pyridine rings is 1. The number of sulfonamides is 1. The number of hydrogen-bond acceptors (Lipinski definition) is 5. The number of hydrogen-bond donors (Lipinski definition) is 2. The highest BCUT2D eigenvalue weighted by atomic mass is 32.2. The Bertz CT molecular complexity index is 841. The van der Waals surface area contributed by atoms with Gasteiger partial charge in [0.15, 0.2) is 0 Å². The van der Waals surface area contributed by atoms with Gasteiger partial charge in [-0.1, -0.05) is 37.1 Å². The van der Waals surface area contributed by atoms with Crippen LogP contribution in [0.2, 0.25) is 0 Å². The smallest absolute Gasteiger partial charge is 0.265 e. The standard InChI is InChI=1S/C19H25N3O4S/c1-16-10-5-6-11-17(16)27(25,26)22(18-12-7-8-14-20-18)15-9-3-2-4-13-19(23)21-24/h5-8,10-12,14,24H,2-4,9,13,15H2,1H3,(H,21,23). The van der Waals surface area contributed by atoms with Gasteiger partial charge in [0.25, 0.3) is 10.0 Å². The lowest BCUT2D eigenvalue weighted by molar-refractivity contribution is -0.129. The molecule has 2 rings (SSSR count). The lowest BCUT2D eigenvalue weighted by Crippen LogP contribution is -2.33. The molecule has 2 aromatic rings. The fourth-order valence-electron chi connectivity index (χ4n) is 2.77. The summed E-state index contributed by atoms with van der Waals surface area (Å²) in [5.74, 6) is -0.0207. The number of carbonyl (C=O) groups is 1. The van der Waals surface area contributed by atoms with Crippen LogP contribution in [0, 0.1) is 6.92 Å². The Morgan fingerprint density at radius 3 is 2.44 bits per heavy atom. The predicted octanol–water partition coefficient (Wildman–Crippen LogP) is 3.04. The summed E-state index contributed by atoms with van der Waals surface area (Å²) in [7, 11) is -3.72. The van der Waals surface area contributed by atoms with Crippen molar-refractivity contribution in [2.45, 2.75) is 43.9 Å². The minimum Gasteiger partial charge on any atom is -0.289 e. The first-order valence-corrected chi connectivity index (χ1v) is 10.3. The number of benzene rings is 1. The van der Waals surface area contributed by atoms with Crippen molar-refractivity contribution in [2.24, 2.45) is 0 Å². The Labute approximate surface area is 160 Å². The van der Waals surface area contributed by atoms with Crippen molar-refractivity contribution in [3.05, 3.63) is 54.2 Å². The maximum absolute atomic E-state index is 13.2. The Hall–Kier alpha value is -2.45. The summed E-state index contributed by atoms with van der Waals surface area (Å²) in [6.07, 6.45) is 4.65. The number of hydroxylamine groups is 1. The Balaban J connectivity index is 2.09. The molecule has 0 aliphatic heterocycles. The summed E-state index contributed by atoms with van der Waals surface area (Å²) >= 11 is 0. The molecule has 0 saturated carbocycles. The van der Waals surface area contributed by atoms with Crippen LogP contribution >= 0.6 is 0 Å². The van der Waals surface area contributed by atoms with Crippen molar-refractivity contribution in [1.82, 2.24) is 10.5 Å². The first kappa shape index (κ1) is 20.9. The second-order valence-electron chi connectivity index (χ2n) is 6.23. The van der Waals surface area contributed by atoms with E-state index in [1.165, 1.54) is 4.31 Å². The number of aromatic nitrogens is 1. The highest BCUT2D eigenvalue weighted by molar-refractivity contribution is 7.92. The van der Waals surface area contributed by atoms with E-state index in [0.717, 1.165) is 12.8 Å². The van der Waals surface area contributed by atoms with Crippen molar-refractivity contribution < 1.29 is 18.4 Å². The van der Waals surface area contributed by atoms with Gasteiger partial charge in [-0.05, 0) is 43.5 Å². The fraction of sp³-hybridized carbons (Fsp3) is 0.368. The van der Waals surface area contributed by atoms with E-state index in [1.54, 1.807) is 55.0 Å². The van der Waals surface area contributed by atoms with Crippen molar-refractivity contribution in [2.75, 3.05) is 10.8 Å². The lowest BCUT2D eigenvalue weighted by Gasteiger charge is -2.24. The van der Waals surface area contributed by atoms with Crippen LogP contribution in [-0.4, -0.2) is 31.1 Å². The van der Waals surface area contributed by atoms with Gasteiger partial charge in [0.2, 0.25) is 5.91 Å². The molecule has 7 nitrogen and oxygen atoms in total. The monoisotopic (exact) mass is 391 g/mol. The zero-order valence-corrected chi connectivity index (χ0v) is 16.2. The van der Waals surface area contributed by atoms with Gasteiger partial charge >= 0.3 is 0 Å². The second-order valence-corrected chi connectivity index (χ2v) is 8.06. The number of carbonyl (C=O) groups excluding carboxylic acids is 1. The molecule has 27 heavy (non-hydrogen) atoms. The number of aryl methyl sites for hydroxylation is 1. The molecule has 0 unspecified atom stereocenters. The molecular formula is C19H25N3O4S. The van der Waals surface area contributed by atoms with Crippen molar-refractivity contribution in [1.29, 1.82) is 0 Å². The molecule has 1 aromatic heterocycles. The largest absolute Gasteiger partial charge is 0.289 e. The van der Waals surface area contributed by atoms with Crippen molar-refractivity contribution in [3.63, 3.8) is 0 Å². The van der Waals surface area contributed by atoms with Crippen LogP contribution in [0.15, 0.2) is 53.6 Å². The first-order valence-electron chi connectivity index (χ1n) is 8.89. The summed E-state index contributed by atoms with van der Waals surface area (Å²) < 4.78 is 27.8. The molecule has 0 aliphatic carbocycles. The predicted molar refractivity (Wildman–Crippen MR) is 103 cm³/mol. The van der Waals surface area contributed by atoms with Crippen LogP contribution in [0.25, 0.3) is 0 Å². The molecule has 1 aromatic carbocycles. The van der Waals surface area contributed by atoms with E-state index >= 15 is 0 Å². The Kier molecular flexibility index (Phi) is 7.75. The normalized spacial score (nSPS) is 11.2. The minimum absolute atomic E-state index is 0.252. The van der Waals surface area contributed by atoms with E-state index in [9.17, 15) is 13.2 Å². The highest BCUT2D eigenvalue weighted by Crippen LogP contribution is 2.24. The second kappa shape index (κ2) is 10.0. The van der Waals surface area contributed by atoms with Gasteiger partial charge in [-0.25, -0.2) is 23.2 Å². The zero-order valence-electron chi connectivity index (χ0n) is 15.3. The molecular weight excluding hydrogens is 366 g/mol. The van der Waals surface area contributed by atoms with Gasteiger partial charge in [0.05, 0.1) is 4.90 Å². The highest BCUT2D eigenvalue weighted by Gasteiger charge is 2.26. The van der Waals surface area contributed by atoms with E-state index in [-0.39, 0.29) is 11.3 Å². The van der Waals surface area contributed by atoms with Crippen LogP contribution < -0.4 is 9.79 Å². The summed E-state index contributed by atoms with van der Waals surface area (Å²) in [6, 6.07) is 12.1. The summed E-state index contributed by atoms with van der Waals surface area (Å²) in [4.78, 5) is 15.5. The maximum Gasteiger partial charge on any atom is 0.265 e. The molecule has 8 heteroatoms. The molecule has 0 saturated heterocycles. The SMILES string of the molecule is Cc1ccccc1S(=O)(=O)N(CCCCCCC(=O)NO)c1ccccn1. The molecule has 0 aliphatic rings. The molecule has 146 valence electrons. The van der Waals surface area contributed by atoms with Crippen LogP contribution in [-0.2, 0) is 14.8 Å². The molecule has 0 atom stereocenters. The van der Waals surface area contributed by atoms with E-state index in [2.05, 4.69) is 4.98 Å². The first-order chi connectivity index (χ1) is 13.0. The fourth-order valence-corrected chi connectivity index (χ4v) is 4.46. The van der Waals surface area contributed by atoms with Gasteiger partial charge in [0, 0.05) is 19.2 Å². The van der Waals surface area contributed by atoms with E-state index < -0.39 is 15.9 Å². The topological polar surface area (TPSA) is 99.6 Å². The molecule has 0 spiro atoms. The van der Waals surface area contributed by atoms with Gasteiger partial charge in [-0.15, -0.1) is 0 Å². The van der Waals surface area contributed by atoms with Crippen molar-refractivity contribution in [3.8, 4) is 0 Å². The van der Waals surface area contributed by atoms with Crippen molar-refractivity contribution >= 4 is 21.7 Å². The number of rotatable bonds is 10. The zero-order chi connectivity index (χ0) is 19.7. The summed E-state index contributed by atoms with van der Waals surface area (Å²) in [6.45, 7) is 2.08. The van der Waals surface area contributed by atoms with Crippen LogP contribution in [0.3, 0.4) is 0 Å². The number of nitrogens with zero attached hydrogens (tertiary/aromatic N) is 2. The molecule has 0 fully saturated rings. The number of nitrogens with one attached hydrogen (secondary N) is 1. The number of unbranched alkanes of at least 4 members (excludes halogenated alkanes) is 3. The van der Waals surface area contributed by atoms with Gasteiger partial charge < -0.3 is 0 Å². The molecule has 1 heterocycles. The van der Waals surface area contributed by atoms with Crippen LogP contribution in [0.4, 0.5) is 5.82 Å². The average Bonchev–Trinajstić information content (AvgIpc) is 2.67. The quantitative estimate of drug-likeness (QED) is 0.368. The molecule has 2 N–H and O–H groups in total. The average molecular weight is 391 g/mol. The summed E-state index contributed by atoms with van der Waals surface area (Å²) in [5, 5.41) is 8.48. The third-order valence-electron chi connectivity index (χ3n) is 4.21. The van der Waals surface area contributed by atoms with Gasteiger partial charge in [-0.3, -0.25) is 10.0 Å². The number of amides is 1. The third-order valence-corrected chi connectivity index (χ3v) is 6.17. The maximum atomic E-state index is 13.2. The lowest BCUT2D eigenvalue weighted by atomic mass is 10.1. The number of anilines is 1. The molecule has 0 bridgehead atoms. The van der Waals surface area contributed by atoms with E-state index in [0.29, 0.717) is 30.8 Å². The Morgan fingerprint density at radius 2 is 1.78 bits per heavy atom. The van der Waals surface area contributed by atoms with Crippen LogP contribution in [0.1, 0.15) is 37.7 Å². The third kappa shape index (κ3) is 5.77. The van der Waals surface area contributed by atoms with E-state index in [4.69, 9.17) is 5.21 Å². The summed E-state index contributed by atoms with van der Waals surface area (Å²) in [5.41, 5.74) is 2.29. The Morgan fingerprint density at radius 1 is 1.07 bits per heavy atom. The van der Waals surface area contributed by atoms with E-state index in [1.807, 2.05) is 6.07 Å². The molecule has 0 radical (unpaired) electrons.